The van der Waals surface area contributed by atoms with Crippen LogP contribution in [0.2, 0.25) is 0 Å². The minimum absolute atomic E-state index is 0.0176. The third kappa shape index (κ3) is 12.0. The van der Waals surface area contributed by atoms with Gasteiger partial charge in [0.1, 0.15) is 24.3 Å². The number of ether oxygens (including phenoxy) is 2. The molecule has 0 aliphatic carbocycles. The number of nitrogens with one attached hydrogen (secondary N) is 2. The third-order valence-electron chi connectivity index (χ3n) is 11.4. The van der Waals surface area contributed by atoms with Crippen LogP contribution < -0.4 is 20.1 Å². The van der Waals surface area contributed by atoms with Crippen molar-refractivity contribution in [3.8, 4) is 11.8 Å². The molecule has 2 fully saturated rings. The van der Waals surface area contributed by atoms with E-state index in [-0.39, 0.29) is 48.9 Å². The van der Waals surface area contributed by atoms with Crippen LogP contribution in [0.4, 0.5) is 26.3 Å². The maximum Gasteiger partial charge on any atom is 0.421 e. The number of aromatic nitrogens is 2. The van der Waals surface area contributed by atoms with Crippen LogP contribution in [0.15, 0.2) is 97.3 Å². The Morgan fingerprint density at radius 1 is 0.597 bits per heavy atom. The van der Waals surface area contributed by atoms with Crippen molar-refractivity contribution in [2.45, 2.75) is 76.8 Å². The fourth-order valence-electron chi connectivity index (χ4n) is 8.02. The van der Waals surface area contributed by atoms with Crippen LogP contribution >= 0.6 is 0 Å². The van der Waals surface area contributed by atoms with Crippen molar-refractivity contribution in [1.29, 1.82) is 0 Å². The lowest BCUT2D eigenvalue weighted by Gasteiger charge is -2.41. The van der Waals surface area contributed by atoms with Crippen molar-refractivity contribution in [3.63, 3.8) is 0 Å². The van der Waals surface area contributed by atoms with Gasteiger partial charge in [-0.25, -0.2) is 9.97 Å². The van der Waals surface area contributed by atoms with Crippen molar-refractivity contribution in [3.05, 3.63) is 120 Å². The Morgan fingerprint density at radius 2 is 0.952 bits per heavy atom. The topological polar surface area (TPSA) is 109 Å². The van der Waals surface area contributed by atoms with Crippen molar-refractivity contribution in [2.24, 2.45) is 10.8 Å². The highest BCUT2D eigenvalue weighted by atomic mass is 19.4. The zero-order chi connectivity index (χ0) is 45.3. The minimum atomic E-state index is -4.58. The van der Waals surface area contributed by atoms with E-state index in [0.717, 1.165) is 62.3 Å². The number of nitrogens with zero attached hydrogens (tertiary/aromatic N) is 4. The van der Waals surface area contributed by atoms with Crippen LogP contribution in [0.1, 0.15) is 74.6 Å². The number of amides is 2. The maximum atomic E-state index is 13.3. The van der Waals surface area contributed by atoms with Gasteiger partial charge in [-0.05, 0) is 89.0 Å². The van der Waals surface area contributed by atoms with Gasteiger partial charge in [0.05, 0.1) is 10.8 Å². The monoisotopic (exact) mass is 870 g/mol. The normalized spacial score (nSPS) is 19.7. The summed E-state index contributed by atoms with van der Waals surface area (Å²) in [6.07, 6.45) is -5.09. The Bertz CT molecular complexity index is 1920. The first-order chi connectivity index (χ1) is 29.2. The summed E-state index contributed by atoms with van der Waals surface area (Å²) in [5.74, 6) is -1.11. The molecule has 0 saturated carbocycles. The molecule has 0 unspecified atom stereocenters. The van der Waals surface area contributed by atoms with E-state index in [4.69, 9.17) is 9.47 Å². The Kier molecular flexibility index (Phi) is 15.7. The molecule has 2 aromatic heterocycles. The standard InChI is InChI=1S/2C23H28F3N3O2/c2*1-22(2,15-31-20-18(23(24,25)26)10-7-12-28-20)21(30)29(3)19-11-13-27-14-17(19)16-8-5-4-6-9-16/h2*4-10,12,17,19,27H,11,13-15H2,1-3H3/t2*17-,19+/m10/s1. The summed E-state index contributed by atoms with van der Waals surface area (Å²) in [6, 6.07) is 24.3. The quantitative estimate of drug-likeness (QED) is 0.137. The van der Waals surface area contributed by atoms with Gasteiger partial charge in [0.25, 0.3) is 0 Å². The molecule has 2 aromatic carbocycles. The molecule has 10 nitrogen and oxygen atoms in total. The molecule has 2 amide bonds. The van der Waals surface area contributed by atoms with E-state index in [9.17, 15) is 35.9 Å². The first-order valence-corrected chi connectivity index (χ1v) is 20.6. The van der Waals surface area contributed by atoms with E-state index in [1.807, 2.05) is 36.4 Å². The average Bonchev–Trinajstić information content (AvgIpc) is 3.27. The number of likely N-dealkylation sites (N-methyl/N-ethyl adjacent to an activating group) is 2. The largest absolute Gasteiger partial charge is 0.476 e. The molecular formula is C46H56F6N6O4. The van der Waals surface area contributed by atoms with Crippen LogP contribution in [0.3, 0.4) is 0 Å². The number of hydrogen-bond acceptors (Lipinski definition) is 8. The number of carbonyl (C=O) groups excluding carboxylic acids is 2. The number of rotatable bonds is 12. The van der Waals surface area contributed by atoms with E-state index >= 15 is 0 Å². The summed E-state index contributed by atoms with van der Waals surface area (Å²) in [6.45, 7) is 9.41. The highest BCUT2D eigenvalue weighted by Crippen LogP contribution is 2.38. The molecule has 0 bridgehead atoms. The van der Waals surface area contributed by atoms with E-state index in [1.165, 1.54) is 24.5 Å². The van der Waals surface area contributed by atoms with Gasteiger partial charge in [-0.2, -0.15) is 26.3 Å². The van der Waals surface area contributed by atoms with Crippen molar-refractivity contribution in [2.75, 3.05) is 53.5 Å². The van der Waals surface area contributed by atoms with Crippen LogP contribution in [-0.2, 0) is 21.9 Å². The van der Waals surface area contributed by atoms with E-state index in [0.29, 0.717) is 0 Å². The SMILES string of the molecule is CN(C(=O)C(C)(C)COc1ncccc1C(F)(F)F)[C@@H]1CCNC[C@H]1c1ccccc1.CN(C(=O)C(C)(C)COc1ncccc1C(F)(F)F)[C@H]1CCNC[C@@H]1c1ccccc1. The van der Waals surface area contributed by atoms with Crippen LogP contribution in [0, 0.1) is 10.8 Å². The number of hydrogen-bond donors (Lipinski definition) is 2. The van der Waals surface area contributed by atoms with Crippen LogP contribution in [0.5, 0.6) is 11.8 Å². The van der Waals surface area contributed by atoms with Gasteiger partial charge in [0.2, 0.25) is 23.6 Å². The molecule has 2 aliphatic rings. The summed E-state index contributed by atoms with van der Waals surface area (Å²) in [4.78, 5) is 37.5. The fraction of sp³-hybridized carbons (Fsp3) is 0.478. The van der Waals surface area contributed by atoms with Gasteiger partial charge in [0.15, 0.2) is 0 Å². The molecule has 2 N–H and O–H groups in total. The van der Waals surface area contributed by atoms with E-state index in [2.05, 4.69) is 44.9 Å². The number of halogens is 6. The van der Waals surface area contributed by atoms with Crippen LogP contribution in [-0.4, -0.2) is 97.2 Å². The molecule has 62 heavy (non-hydrogen) atoms. The average molecular weight is 871 g/mol. The van der Waals surface area contributed by atoms with Crippen molar-refractivity contribution < 1.29 is 45.4 Å². The van der Waals surface area contributed by atoms with Gasteiger partial charge >= 0.3 is 12.4 Å². The second kappa shape index (κ2) is 20.3. The van der Waals surface area contributed by atoms with Gasteiger partial charge in [-0.1, -0.05) is 60.7 Å². The molecule has 0 radical (unpaired) electrons. The first-order valence-electron chi connectivity index (χ1n) is 20.6. The van der Waals surface area contributed by atoms with Gasteiger partial charge in [0, 0.05) is 63.5 Å². The number of carbonyl (C=O) groups is 2. The van der Waals surface area contributed by atoms with E-state index < -0.39 is 46.1 Å². The Morgan fingerprint density at radius 3 is 1.29 bits per heavy atom. The lowest BCUT2D eigenvalue weighted by Crippen LogP contribution is -2.53. The molecule has 4 aromatic rings. The molecule has 2 aliphatic heterocycles. The summed E-state index contributed by atoms with van der Waals surface area (Å²) < 4.78 is 90.0. The third-order valence-corrected chi connectivity index (χ3v) is 11.4. The second-order valence-electron chi connectivity index (χ2n) is 17.0. The Hall–Kier alpha value is -5.22. The lowest BCUT2D eigenvalue weighted by molar-refractivity contribution is -0.145. The highest BCUT2D eigenvalue weighted by Gasteiger charge is 2.42. The number of alkyl halides is 6. The predicted octanol–water partition coefficient (Wildman–Crippen LogP) is 8.22. The smallest absolute Gasteiger partial charge is 0.421 e. The molecule has 336 valence electrons. The predicted molar refractivity (Wildman–Crippen MR) is 223 cm³/mol. The summed E-state index contributed by atoms with van der Waals surface area (Å²) >= 11 is 0. The second-order valence-corrected chi connectivity index (χ2v) is 17.0. The van der Waals surface area contributed by atoms with E-state index in [1.54, 1.807) is 51.6 Å². The molecule has 2 saturated heterocycles. The first kappa shape index (κ1) is 47.8. The molecule has 4 heterocycles. The molecule has 0 spiro atoms. The summed E-state index contributed by atoms with van der Waals surface area (Å²) in [5, 5.41) is 6.77. The van der Waals surface area contributed by atoms with Gasteiger partial charge < -0.3 is 29.9 Å². The molecule has 16 heteroatoms. The zero-order valence-corrected chi connectivity index (χ0v) is 35.9. The molecule has 6 rings (SSSR count). The minimum Gasteiger partial charge on any atom is -0.476 e. The number of pyridine rings is 2. The van der Waals surface area contributed by atoms with Crippen molar-refractivity contribution in [1.82, 2.24) is 30.4 Å². The Labute approximate surface area is 359 Å². The lowest BCUT2D eigenvalue weighted by atomic mass is 9.84. The van der Waals surface area contributed by atoms with Gasteiger partial charge in [-0.3, -0.25) is 9.59 Å². The fourth-order valence-corrected chi connectivity index (χ4v) is 8.02. The summed E-state index contributed by atoms with van der Waals surface area (Å²) in [7, 11) is 3.52. The molecular weight excluding hydrogens is 815 g/mol. The highest BCUT2D eigenvalue weighted by molar-refractivity contribution is 5.83. The van der Waals surface area contributed by atoms with Gasteiger partial charge in [-0.15, -0.1) is 0 Å². The van der Waals surface area contributed by atoms with Crippen LogP contribution in [0.25, 0.3) is 0 Å². The molecule has 4 atom stereocenters. The zero-order valence-electron chi connectivity index (χ0n) is 35.9. The number of benzene rings is 2. The van der Waals surface area contributed by atoms with Crippen molar-refractivity contribution >= 4 is 11.8 Å². The summed E-state index contributed by atoms with van der Waals surface area (Å²) in [5.41, 5.74) is -1.65. The number of piperidine rings is 2. The maximum absolute atomic E-state index is 13.3. The Balaban J connectivity index is 0.000000234.